The highest BCUT2D eigenvalue weighted by Crippen LogP contribution is 2.23. The first kappa shape index (κ1) is 23.0. The Morgan fingerprint density at radius 3 is 2.79 bits per heavy atom. The van der Waals surface area contributed by atoms with Crippen molar-refractivity contribution in [3.63, 3.8) is 0 Å². The molecule has 0 radical (unpaired) electrons. The average Bonchev–Trinajstić information content (AvgIpc) is 3.22. The summed E-state index contributed by atoms with van der Waals surface area (Å²) >= 11 is 0. The highest BCUT2D eigenvalue weighted by molar-refractivity contribution is 5.84. The zero-order valence-corrected chi connectivity index (χ0v) is 18.4. The van der Waals surface area contributed by atoms with Crippen LogP contribution in [0.5, 0.6) is 5.75 Å². The van der Waals surface area contributed by atoms with E-state index in [0.717, 1.165) is 43.1 Å². The largest absolute Gasteiger partial charge is 0.493 e. The molecule has 0 saturated carbocycles. The summed E-state index contributed by atoms with van der Waals surface area (Å²) in [4.78, 5) is 16.7. The molecule has 0 spiro atoms. The van der Waals surface area contributed by atoms with Crippen LogP contribution in [-0.2, 0) is 16.1 Å². The van der Waals surface area contributed by atoms with Crippen LogP contribution in [0.4, 0.5) is 0 Å². The van der Waals surface area contributed by atoms with Gasteiger partial charge in [0.15, 0.2) is 5.96 Å². The molecule has 3 N–H and O–H groups in total. The molecule has 1 atom stereocenters. The number of rotatable bonds is 9. The number of nitrogens with zero attached hydrogens (tertiary/aromatic N) is 1. The van der Waals surface area contributed by atoms with Crippen LogP contribution in [0.3, 0.4) is 0 Å². The van der Waals surface area contributed by atoms with Crippen molar-refractivity contribution in [2.45, 2.75) is 40.7 Å². The van der Waals surface area contributed by atoms with Crippen molar-refractivity contribution in [2.24, 2.45) is 16.3 Å². The first-order chi connectivity index (χ1) is 13.9. The summed E-state index contributed by atoms with van der Waals surface area (Å²) in [6.45, 7) is 11.9. The first-order valence-electron chi connectivity index (χ1n) is 10.4. The quantitative estimate of drug-likeness (QED) is 0.434. The number of aryl methyl sites for hydroxylation is 1. The molecule has 1 amide bonds. The summed E-state index contributed by atoms with van der Waals surface area (Å²) < 4.78 is 11.5. The molecule has 1 fully saturated rings. The second-order valence-electron chi connectivity index (χ2n) is 8.16. The molecule has 7 heteroatoms. The highest BCUT2D eigenvalue weighted by atomic mass is 16.5. The van der Waals surface area contributed by atoms with Gasteiger partial charge in [-0.3, -0.25) is 4.79 Å². The van der Waals surface area contributed by atoms with Crippen LogP contribution in [0.25, 0.3) is 0 Å². The van der Waals surface area contributed by atoms with E-state index < -0.39 is 5.41 Å². The molecule has 1 aromatic rings. The average molecular weight is 405 g/mol. The zero-order chi connectivity index (χ0) is 21.3. The first-order valence-corrected chi connectivity index (χ1v) is 10.4. The summed E-state index contributed by atoms with van der Waals surface area (Å²) in [7, 11) is 1.65. The third-order valence-corrected chi connectivity index (χ3v) is 5.01. The number of hydrogen-bond donors (Lipinski definition) is 3. The second kappa shape index (κ2) is 11.0. The molecule has 0 bridgehead atoms. The fourth-order valence-electron chi connectivity index (χ4n) is 3.08. The predicted molar refractivity (Wildman–Crippen MR) is 116 cm³/mol. The van der Waals surface area contributed by atoms with Crippen molar-refractivity contribution in [3.8, 4) is 5.75 Å². The maximum absolute atomic E-state index is 12.0. The minimum Gasteiger partial charge on any atom is -0.493 e. The van der Waals surface area contributed by atoms with E-state index in [9.17, 15) is 4.79 Å². The highest BCUT2D eigenvalue weighted by Gasteiger charge is 2.26. The SMILES string of the molecule is CCNC(=NCc1ccc(C)cc1OCC1CCOC1)NCC(C)(C)C(=O)NC. The lowest BCUT2D eigenvalue weighted by Gasteiger charge is -2.24. The van der Waals surface area contributed by atoms with Gasteiger partial charge in [0.25, 0.3) is 0 Å². The molecular formula is C22H36N4O3. The third-order valence-electron chi connectivity index (χ3n) is 5.01. The summed E-state index contributed by atoms with van der Waals surface area (Å²) in [5.41, 5.74) is 1.66. The molecule has 1 heterocycles. The van der Waals surface area contributed by atoms with Gasteiger partial charge in [0, 0.05) is 38.2 Å². The lowest BCUT2D eigenvalue weighted by atomic mass is 9.92. The van der Waals surface area contributed by atoms with Gasteiger partial charge in [-0.2, -0.15) is 0 Å². The topological polar surface area (TPSA) is 84.0 Å². The summed E-state index contributed by atoms with van der Waals surface area (Å²) in [5.74, 6) is 2.01. The number of benzene rings is 1. The molecule has 1 aliphatic rings. The monoisotopic (exact) mass is 404 g/mol. The van der Waals surface area contributed by atoms with Crippen molar-refractivity contribution < 1.29 is 14.3 Å². The van der Waals surface area contributed by atoms with E-state index >= 15 is 0 Å². The Kier molecular flexibility index (Phi) is 8.76. The van der Waals surface area contributed by atoms with Crippen LogP contribution in [0.15, 0.2) is 23.2 Å². The number of ether oxygens (including phenoxy) is 2. The smallest absolute Gasteiger partial charge is 0.227 e. The Hall–Kier alpha value is -2.28. The molecule has 0 aliphatic carbocycles. The van der Waals surface area contributed by atoms with E-state index in [4.69, 9.17) is 14.5 Å². The van der Waals surface area contributed by atoms with Gasteiger partial charge in [0.05, 0.1) is 25.2 Å². The van der Waals surface area contributed by atoms with Crippen LogP contribution in [0.1, 0.15) is 38.3 Å². The fourth-order valence-corrected chi connectivity index (χ4v) is 3.08. The van der Waals surface area contributed by atoms with E-state index in [1.165, 1.54) is 0 Å². The van der Waals surface area contributed by atoms with Gasteiger partial charge >= 0.3 is 0 Å². The number of nitrogens with one attached hydrogen (secondary N) is 3. The summed E-state index contributed by atoms with van der Waals surface area (Å²) in [5, 5.41) is 9.22. The third kappa shape index (κ3) is 7.24. The summed E-state index contributed by atoms with van der Waals surface area (Å²) in [6, 6.07) is 6.21. The fraction of sp³-hybridized carbons (Fsp3) is 0.636. The molecule has 1 aromatic carbocycles. The van der Waals surface area contributed by atoms with Crippen LogP contribution in [-0.4, -0.2) is 51.8 Å². The minimum absolute atomic E-state index is 0.00837. The Balaban J connectivity index is 2.04. The van der Waals surface area contributed by atoms with Crippen LogP contribution < -0.4 is 20.7 Å². The Morgan fingerprint density at radius 1 is 1.34 bits per heavy atom. The van der Waals surface area contributed by atoms with Gasteiger partial charge in [0.2, 0.25) is 5.91 Å². The van der Waals surface area contributed by atoms with E-state index in [-0.39, 0.29) is 5.91 Å². The van der Waals surface area contributed by atoms with Gasteiger partial charge in [0.1, 0.15) is 5.75 Å². The molecule has 1 unspecified atom stereocenters. The van der Waals surface area contributed by atoms with Gasteiger partial charge < -0.3 is 25.4 Å². The molecule has 29 heavy (non-hydrogen) atoms. The van der Waals surface area contributed by atoms with Crippen molar-refractivity contribution in [1.82, 2.24) is 16.0 Å². The van der Waals surface area contributed by atoms with Crippen LogP contribution >= 0.6 is 0 Å². The lowest BCUT2D eigenvalue weighted by molar-refractivity contribution is -0.128. The Morgan fingerprint density at radius 2 is 2.14 bits per heavy atom. The zero-order valence-electron chi connectivity index (χ0n) is 18.4. The van der Waals surface area contributed by atoms with E-state index in [1.54, 1.807) is 7.05 Å². The Bertz CT molecular complexity index is 697. The van der Waals surface area contributed by atoms with E-state index in [2.05, 4.69) is 41.1 Å². The van der Waals surface area contributed by atoms with Gasteiger partial charge in [-0.15, -0.1) is 0 Å². The Labute approximate surface area is 174 Å². The van der Waals surface area contributed by atoms with Crippen molar-refractivity contribution in [3.05, 3.63) is 29.3 Å². The van der Waals surface area contributed by atoms with Crippen molar-refractivity contribution >= 4 is 11.9 Å². The predicted octanol–water partition coefficient (Wildman–Crippen LogP) is 2.24. The lowest BCUT2D eigenvalue weighted by Crippen LogP contribution is -2.47. The number of hydrogen-bond acceptors (Lipinski definition) is 4. The number of aliphatic imine (C=N–C) groups is 1. The number of guanidine groups is 1. The maximum atomic E-state index is 12.0. The molecule has 1 saturated heterocycles. The number of amides is 1. The van der Waals surface area contributed by atoms with Crippen LogP contribution in [0, 0.1) is 18.3 Å². The van der Waals surface area contributed by atoms with Crippen molar-refractivity contribution in [1.29, 1.82) is 0 Å². The van der Waals surface area contributed by atoms with E-state index in [1.807, 2.05) is 20.8 Å². The van der Waals surface area contributed by atoms with Crippen molar-refractivity contribution in [2.75, 3.05) is 40.0 Å². The van der Waals surface area contributed by atoms with Gasteiger partial charge in [-0.1, -0.05) is 12.1 Å². The standard InChI is InChI=1S/C22H36N4O3/c1-6-24-21(26-15-22(3,4)20(27)23-5)25-12-18-8-7-16(2)11-19(18)29-14-17-9-10-28-13-17/h7-8,11,17H,6,9-10,12-15H2,1-5H3,(H,23,27)(H2,24,25,26). The molecular weight excluding hydrogens is 368 g/mol. The number of carbonyl (C=O) groups is 1. The number of carbonyl (C=O) groups excluding carboxylic acids is 1. The molecule has 7 nitrogen and oxygen atoms in total. The van der Waals surface area contributed by atoms with E-state index in [0.29, 0.717) is 31.6 Å². The molecule has 162 valence electrons. The summed E-state index contributed by atoms with van der Waals surface area (Å²) in [6.07, 6.45) is 1.05. The minimum atomic E-state index is -0.535. The van der Waals surface area contributed by atoms with Crippen LogP contribution in [0.2, 0.25) is 0 Å². The van der Waals surface area contributed by atoms with Gasteiger partial charge in [-0.25, -0.2) is 4.99 Å². The molecule has 1 aliphatic heterocycles. The normalized spacial score (nSPS) is 17.1. The second-order valence-corrected chi connectivity index (χ2v) is 8.16. The molecule has 2 rings (SSSR count). The van der Waals surface area contributed by atoms with Gasteiger partial charge in [-0.05, 0) is 45.7 Å². The molecule has 0 aromatic heterocycles. The maximum Gasteiger partial charge on any atom is 0.227 e.